The van der Waals surface area contributed by atoms with Gasteiger partial charge >= 0.3 is 5.63 Å². The fraction of sp³-hybridized carbons (Fsp3) is 0.103. The number of benzene rings is 4. The van der Waals surface area contributed by atoms with E-state index in [1.807, 2.05) is 60.7 Å². The van der Waals surface area contributed by atoms with Gasteiger partial charge in [-0.2, -0.15) is 0 Å². The highest BCUT2D eigenvalue weighted by atomic mass is 16.4. The molecule has 0 spiro atoms. The number of rotatable bonds is 3. The van der Waals surface area contributed by atoms with Crippen LogP contribution in [0.5, 0.6) is 5.75 Å². The molecule has 0 bridgehead atoms. The number of aromatic hydroxyl groups is 1. The zero-order valence-electron chi connectivity index (χ0n) is 19.2. The SMILES string of the molecule is CN(C)c1oc2ccc3ccccc3c2c(=O)c1Cc1c(O)c2ccc3ccccc3c2oc1=O. The topological polar surface area (TPSA) is 83.9 Å². The van der Waals surface area contributed by atoms with Crippen LogP contribution in [0.2, 0.25) is 0 Å². The van der Waals surface area contributed by atoms with E-state index < -0.39 is 5.63 Å². The minimum atomic E-state index is -0.687. The van der Waals surface area contributed by atoms with Crippen LogP contribution in [0.25, 0.3) is 43.5 Å². The first-order chi connectivity index (χ1) is 16.9. The largest absolute Gasteiger partial charge is 0.507 e. The first-order valence-electron chi connectivity index (χ1n) is 11.2. The Kier molecular flexibility index (Phi) is 4.64. The molecule has 6 nitrogen and oxygen atoms in total. The van der Waals surface area contributed by atoms with Crippen LogP contribution in [-0.2, 0) is 6.42 Å². The van der Waals surface area contributed by atoms with E-state index in [0.717, 1.165) is 21.5 Å². The molecule has 6 rings (SSSR count). The molecular formula is C29H21NO5. The van der Waals surface area contributed by atoms with Gasteiger partial charge < -0.3 is 18.8 Å². The van der Waals surface area contributed by atoms with Gasteiger partial charge in [0.05, 0.1) is 21.9 Å². The second-order valence-corrected chi connectivity index (χ2v) is 8.83. The Morgan fingerprint density at radius 3 is 2.14 bits per heavy atom. The number of nitrogens with zero attached hydrogens (tertiary/aromatic N) is 1. The molecular weight excluding hydrogens is 442 g/mol. The number of fused-ring (bicyclic) bond motifs is 6. The Morgan fingerprint density at radius 2 is 1.40 bits per heavy atom. The molecule has 6 heteroatoms. The van der Waals surface area contributed by atoms with Crippen molar-refractivity contribution in [2.45, 2.75) is 6.42 Å². The number of anilines is 1. The molecule has 35 heavy (non-hydrogen) atoms. The maximum atomic E-state index is 13.8. The van der Waals surface area contributed by atoms with Crippen molar-refractivity contribution in [2.75, 3.05) is 19.0 Å². The predicted octanol–water partition coefficient (Wildman–Crippen LogP) is 5.57. The monoisotopic (exact) mass is 463 g/mol. The van der Waals surface area contributed by atoms with Gasteiger partial charge in [0.25, 0.3) is 0 Å². The molecule has 0 radical (unpaired) electrons. The van der Waals surface area contributed by atoms with Gasteiger partial charge in [0, 0.05) is 25.9 Å². The molecule has 4 aromatic carbocycles. The van der Waals surface area contributed by atoms with Crippen molar-refractivity contribution in [3.8, 4) is 5.75 Å². The molecule has 2 aromatic heterocycles. The summed E-state index contributed by atoms with van der Waals surface area (Å²) in [4.78, 5) is 28.6. The molecule has 0 unspecified atom stereocenters. The van der Waals surface area contributed by atoms with Crippen molar-refractivity contribution < 1.29 is 13.9 Å². The van der Waals surface area contributed by atoms with E-state index in [1.54, 1.807) is 31.1 Å². The zero-order chi connectivity index (χ0) is 24.3. The lowest BCUT2D eigenvalue weighted by Gasteiger charge is -2.17. The Balaban J connectivity index is 1.63. The first-order valence-corrected chi connectivity index (χ1v) is 11.2. The van der Waals surface area contributed by atoms with Crippen molar-refractivity contribution >= 4 is 49.4 Å². The second-order valence-electron chi connectivity index (χ2n) is 8.83. The van der Waals surface area contributed by atoms with Crippen LogP contribution in [0, 0.1) is 0 Å². The van der Waals surface area contributed by atoms with E-state index in [1.165, 1.54) is 0 Å². The molecule has 172 valence electrons. The van der Waals surface area contributed by atoms with Crippen molar-refractivity contribution in [1.82, 2.24) is 0 Å². The summed E-state index contributed by atoms with van der Waals surface area (Å²) < 4.78 is 11.8. The molecule has 0 fully saturated rings. The highest BCUT2D eigenvalue weighted by molar-refractivity contribution is 6.07. The van der Waals surface area contributed by atoms with Gasteiger partial charge in [-0.3, -0.25) is 4.79 Å². The van der Waals surface area contributed by atoms with E-state index in [0.29, 0.717) is 27.8 Å². The summed E-state index contributed by atoms with van der Waals surface area (Å²) in [5, 5.41) is 15.3. The summed E-state index contributed by atoms with van der Waals surface area (Å²) in [6.45, 7) is 0. The van der Waals surface area contributed by atoms with E-state index >= 15 is 0 Å². The van der Waals surface area contributed by atoms with Crippen LogP contribution in [-0.4, -0.2) is 19.2 Å². The van der Waals surface area contributed by atoms with Crippen molar-refractivity contribution in [2.24, 2.45) is 0 Å². The summed E-state index contributed by atoms with van der Waals surface area (Å²) in [5.74, 6) is 0.138. The summed E-state index contributed by atoms with van der Waals surface area (Å²) in [6, 6.07) is 22.4. The number of hydrogen-bond donors (Lipinski definition) is 1. The molecule has 0 saturated carbocycles. The Labute approximate surface area is 199 Å². The van der Waals surface area contributed by atoms with Crippen molar-refractivity contribution in [1.29, 1.82) is 0 Å². The highest BCUT2D eigenvalue weighted by Gasteiger charge is 2.23. The Bertz CT molecular complexity index is 1910. The minimum absolute atomic E-state index is 0.0165. The molecule has 1 N–H and O–H groups in total. The van der Waals surface area contributed by atoms with Crippen molar-refractivity contribution in [3.63, 3.8) is 0 Å². The van der Waals surface area contributed by atoms with Crippen LogP contribution in [0.4, 0.5) is 5.88 Å². The van der Waals surface area contributed by atoms with Crippen LogP contribution < -0.4 is 16.0 Å². The fourth-order valence-corrected chi connectivity index (χ4v) is 4.79. The summed E-state index contributed by atoms with van der Waals surface area (Å²) in [6.07, 6.45) is -0.133. The molecule has 0 saturated heterocycles. The second kappa shape index (κ2) is 7.74. The molecule has 0 atom stereocenters. The zero-order valence-corrected chi connectivity index (χ0v) is 19.2. The third-order valence-corrected chi connectivity index (χ3v) is 6.48. The van der Waals surface area contributed by atoms with E-state index in [2.05, 4.69) is 0 Å². The lowest BCUT2D eigenvalue weighted by molar-refractivity contribution is 0.459. The quantitative estimate of drug-likeness (QED) is 0.273. The molecule has 0 aliphatic carbocycles. The summed E-state index contributed by atoms with van der Waals surface area (Å²) in [5.41, 5.74) is 0.142. The van der Waals surface area contributed by atoms with E-state index in [4.69, 9.17) is 8.83 Å². The van der Waals surface area contributed by atoms with Crippen LogP contribution in [0.15, 0.2) is 91.2 Å². The average Bonchev–Trinajstić information content (AvgIpc) is 2.86. The number of hydrogen-bond acceptors (Lipinski definition) is 6. The molecule has 6 aromatic rings. The molecule has 0 aliphatic heterocycles. The Morgan fingerprint density at radius 1 is 0.743 bits per heavy atom. The standard InChI is InChI=1S/C29H21NO5/c1-30(2)28-21(26(32)24-18-9-5-3-7-16(18)12-14-23(24)34-28)15-22-25(31)20-13-11-17-8-4-6-10-19(17)27(20)35-29(22)33/h3-14,31H,15H2,1-2H3. The van der Waals surface area contributed by atoms with Crippen LogP contribution >= 0.6 is 0 Å². The lowest BCUT2D eigenvalue weighted by Crippen LogP contribution is -2.21. The maximum Gasteiger partial charge on any atom is 0.343 e. The lowest BCUT2D eigenvalue weighted by atomic mass is 9.99. The highest BCUT2D eigenvalue weighted by Crippen LogP contribution is 2.34. The summed E-state index contributed by atoms with van der Waals surface area (Å²) in [7, 11) is 3.53. The minimum Gasteiger partial charge on any atom is -0.507 e. The summed E-state index contributed by atoms with van der Waals surface area (Å²) >= 11 is 0. The third-order valence-electron chi connectivity index (χ3n) is 6.48. The molecule has 0 amide bonds. The van der Waals surface area contributed by atoms with Gasteiger partial charge in [-0.25, -0.2) is 4.79 Å². The Hall–Kier alpha value is -4.58. The van der Waals surface area contributed by atoms with Gasteiger partial charge in [-0.05, 0) is 28.3 Å². The fourth-order valence-electron chi connectivity index (χ4n) is 4.79. The van der Waals surface area contributed by atoms with Crippen LogP contribution in [0.1, 0.15) is 11.1 Å². The van der Waals surface area contributed by atoms with Gasteiger partial charge in [-0.15, -0.1) is 0 Å². The first kappa shape index (κ1) is 21.0. The van der Waals surface area contributed by atoms with Crippen LogP contribution in [0.3, 0.4) is 0 Å². The van der Waals surface area contributed by atoms with E-state index in [-0.39, 0.29) is 28.7 Å². The normalized spacial score (nSPS) is 11.6. The van der Waals surface area contributed by atoms with Gasteiger partial charge in [0.1, 0.15) is 16.9 Å². The van der Waals surface area contributed by atoms with Gasteiger partial charge in [-0.1, -0.05) is 60.7 Å². The van der Waals surface area contributed by atoms with E-state index in [9.17, 15) is 14.7 Å². The molecule has 2 heterocycles. The third kappa shape index (κ3) is 3.18. The maximum absolute atomic E-state index is 13.8. The average molecular weight is 463 g/mol. The smallest absolute Gasteiger partial charge is 0.343 e. The molecule has 0 aliphatic rings. The van der Waals surface area contributed by atoms with Crippen molar-refractivity contribution in [3.05, 3.63) is 105 Å². The predicted molar refractivity (Wildman–Crippen MR) is 139 cm³/mol. The van der Waals surface area contributed by atoms with Gasteiger partial charge in [0.2, 0.25) is 5.88 Å². The van der Waals surface area contributed by atoms with Gasteiger partial charge in [0.15, 0.2) is 5.43 Å².